The van der Waals surface area contributed by atoms with Gasteiger partial charge in [0.05, 0.1) is 5.92 Å². The summed E-state index contributed by atoms with van der Waals surface area (Å²) >= 11 is 0. The third-order valence-corrected chi connectivity index (χ3v) is 5.48. The van der Waals surface area contributed by atoms with Gasteiger partial charge in [0.2, 0.25) is 11.7 Å². The van der Waals surface area contributed by atoms with E-state index in [9.17, 15) is 9.18 Å². The number of carbonyl (C=O) groups is 1. The molecule has 3 heterocycles. The van der Waals surface area contributed by atoms with E-state index in [0.29, 0.717) is 43.6 Å². The van der Waals surface area contributed by atoms with Crippen molar-refractivity contribution in [3.63, 3.8) is 0 Å². The van der Waals surface area contributed by atoms with Crippen molar-refractivity contribution in [2.24, 2.45) is 5.41 Å². The monoisotopic (exact) mass is 360 g/mol. The second-order valence-electron chi connectivity index (χ2n) is 6.93. The fourth-order valence-corrected chi connectivity index (χ4v) is 4.00. The number of halogens is 1. The number of rotatable bonds is 2. The molecule has 1 aromatic heterocycles. The molecule has 1 aromatic carbocycles. The minimum Gasteiger partial charge on any atom is -0.381 e. The molecule has 0 bridgehead atoms. The van der Waals surface area contributed by atoms with Gasteiger partial charge in [-0.3, -0.25) is 0 Å². The van der Waals surface area contributed by atoms with Crippen LogP contribution in [-0.2, 0) is 4.74 Å². The first-order chi connectivity index (χ1) is 12.6. The van der Waals surface area contributed by atoms with Crippen LogP contribution >= 0.6 is 0 Å². The molecule has 2 aliphatic rings. The number of benzene rings is 1. The van der Waals surface area contributed by atoms with Crippen LogP contribution in [0, 0.1) is 11.2 Å². The number of hydrogen-bond acceptors (Lipinski definition) is 5. The molecule has 7 nitrogen and oxygen atoms in total. The quantitative estimate of drug-likeness (QED) is 0.890. The number of hydrogen-bond donors (Lipinski definition) is 1. The summed E-state index contributed by atoms with van der Waals surface area (Å²) in [5.41, 5.74) is 0.584. The molecular weight excluding hydrogens is 339 g/mol. The lowest BCUT2D eigenvalue weighted by atomic mass is 9.72. The molecule has 2 aromatic rings. The Labute approximate surface area is 150 Å². The zero-order chi connectivity index (χ0) is 18.1. The van der Waals surface area contributed by atoms with Crippen LogP contribution in [0.5, 0.6) is 0 Å². The molecule has 2 saturated heterocycles. The van der Waals surface area contributed by atoms with Gasteiger partial charge in [0.25, 0.3) is 0 Å². The summed E-state index contributed by atoms with van der Waals surface area (Å²) < 4.78 is 24.2. The molecule has 0 unspecified atom stereocenters. The highest BCUT2D eigenvalue weighted by Gasteiger charge is 2.51. The van der Waals surface area contributed by atoms with Crippen molar-refractivity contribution in [2.75, 3.05) is 33.4 Å². The van der Waals surface area contributed by atoms with Crippen LogP contribution in [0.25, 0.3) is 11.4 Å². The van der Waals surface area contributed by atoms with Gasteiger partial charge in [-0.1, -0.05) is 5.16 Å². The summed E-state index contributed by atoms with van der Waals surface area (Å²) in [5.74, 6) is 0.610. The molecule has 4 rings (SSSR count). The van der Waals surface area contributed by atoms with Crippen molar-refractivity contribution in [1.29, 1.82) is 0 Å². The summed E-state index contributed by atoms with van der Waals surface area (Å²) in [7, 11) is 1.63. The predicted octanol–water partition coefficient (Wildman–Crippen LogP) is 2.41. The molecule has 1 N–H and O–H groups in total. The second kappa shape index (κ2) is 6.68. The molecule has 1 spiro atoms. The molecule has 8 heteroatoms. The number of amides is 2. The van der Waals surface area contributed by atoms with Gasteiger partial charge < -0.3 is 19.5 Å². The normalized spacial score (nSPS) is 21.9. The van der Waals surface area contributed by atoms with E-state index in [1.54, 1.807) is 24.1 Å². The van der Waals surface area contributed by atoms with E-state index in [1.165, 1.54) is 12.1 Å². The van der Waals surface area contributed by atoms with Gasteiger partial charge in [0.1, 0.15) is 5.82 Å². The molecule has 0 aliphatic carbocycles. The number of likely N-dealkylation sites (tertiary alicyclic amines) is 1. The Morgan fingerprint density at radius 1 is 1.31 bits per heavy atom. The summed E-state index contributed by atoms with van der Waals surface area (Å²) in [5, 5.41) is 6.76. The van der Waals surface area contributed by atoms with E-state index in [2.05, 4.69) is 15.5 Å². The molecule has 138 valence electrons. The maximum Gasteiger partial charge on any atom is 0.317 e. The van der Waals surface area contributed by atoms with E-state index in [0.717, 1.165) is 12.8 Å². The van der Waals surface area contributed by atoms with Crippen LogP contribution in [0.1, 0.15) is 24.7 Å². The average Bonchev–Trinajstić information content (AvgIpc) is 3.28. The van der Waals surface area contributed by atoms with Gasteiger partial charge in [-0.15, -0.1) is 0 Å². The Bertz CT molecular complexity index is 786. The fourth-order valence-electron chi connectivity index (χ4n) is 4.00. The third kappa shape index (κ3) is 2.94. The van der Waals surface area contributed by atoms with Crippen LogP contribution in [-0.4, -0.2) is 54.4 Å². The Morgan fingerprint density at radius 3 is 2.73 bits per heavy atom. The zero-order valence-electron chi connectivity index (χ0n) is 14.6. The molecule has 2 amide bonds. The van der Waals surface area contributed by atoms with Gasteiger partial charge >= 0.3 is 6.03 Å². The van der Waals surface area contributed by atoms with Crippen molar-refractivity contribution >= 4 is 6.03 Å². The zero-order valence-corrected chi connectivity index (χ0v) is 14.6. The van der Waals surface area contributed by atoms with Crippen LogP contribution < -0.4 is 5.32 Å². The standard InChI is InChI=1S/C18H21FN4O3/c1-20-17(24)23-10-14(18(11-23)6-8-25-9-7-18)16-21-15(22-26-16)12-2-4-13(19)5-3-12/h2-5,14H,6-11H2,1H3,(H,20,24)/t14-/m0/s1. The van der Waals surface area contributed by atoms with Crippen molar-refractivity contribution in [1.82, 2.24) is 20.4 Å². The van der Waals surface area contributed by atoms with Crippen molar-refractivity contribution in [3.8, 4) is 11.4 Å². The highest BCUT2D eigenvalue weighted by molar-refractivity contribution is 5.74. The average molecular weight is 360 g/mol. The van der Waals surface area contributed by atoms with Gasteiger partial charge in [0.15, 0.2) is 0 Å². The lowest BCUT2D eigenvalue weighted by Gasteiger charge is -2.36. The first-order valence-corrected chi connectivity index (χ1v) is 8.75. The highest BCUT2D eigenvalue weighted by Crippen LogP contribution is 2.49. The Balaban J connectivity index is 1.64. The third-order valence-electron chi connectivity index (χ3n) is 5.48. The first-order valence-electron chi connectivity index (χ1n) is 8.75. The van der Waals surface area contributed by atoms with E-state index >= 15 is 0 Å². The van der Waals surface area contributed by atoms with Crippen LogP contribution in [0.3, 0.4) is 0 Å². The van der Waals surface area contributed by atoms with E-state index < -0.39 is 0 Å². The second-order valence-corrected chi connectivity index (χ2v) is 6.93. The molecule has 0 saturated carbocycles. The van der Waals surface area contributed by atoms with E-state index in [4.69, 9.17) is 9.26 Å². The number of aromatic nitrogens is 2. The van der Waals surface area contributed by atoms with Crippen molar-refractivity contribution < 1.29 is 18.4 Å². The number of carbonyl (C=O) groups excluding carboxylic acids is 1. The SMILES string of the molecule is CNC(=O)N1C[C@@H](c2nc(-c3ccc(F)cc3)no2)C2(CCOCC2)C1. The molecule has 0 radical (unpaired) electrons. The van der Waals surface area contributed by atoms with E-state index in [-0.39, 0.29) is 23.2 Å². The maximum absolute atomic E-state index is 13.1. The van der Waals surface area contributed by atoms with Crippen LogP contribution in [0.2, 0.25) is 0 Å². The molecule has 1 atom stereocenters. The minimum atomic E-state index is -0.310. The smallest absolute Gasteiger partial charge is 0.317 e. The summed E-state index contributed by atoms with van der Waals surface area (Å²) in [4.78, 5) is 18.5. The minimum absolute atomic E-state index is 0.0367. The largest absolute Gasteiger partial charge is 0.381 e. The summed E-state index contributed by atoms with van der Waals surface area (Å²) in [6, 6.07) is 5.89. The Kier molecular flexibility index (Phi) is 4.36. The lowest BCUT2D eigenvalue weighted by Crippen LogP contribution is -2.40. The number of ether oxygens (including phenoxy) is 1. The maximum atomic E-state index is 13.1. The van der Waals surface area contributed by atoms with Crippen molar-refractivity contribution in [2.45, 2.75) is 18.8 Å². The topological polar surface area (TPSA) is 80.5 Å². The number of nitrogens with one attached hydrogen (secondary N) is 1. The van der Waals surface area contributed by atoms with Gasteiger partial charge in [-0.05, 0) is 37.1 Å². The Hall–Kier alpha value is -2.48. The van der Waals surface area contributed by atoms with Crippen molar-refractivity contribution in [3.05, 3.63) is 36.0 Å². The van der Waals surface area contributed by atoms with E-state index in [1.807, 2.05) is 0 Å². The molecular formula is C18H21FN4O3. The molecule has 2 fully saturated rings. The predicted molar refractivity (Wildman–Crippen MR) is 90.9 cm³/mol. The Morgan fingerprint density at radius 2 is 2.04 bits per heavy atom. The number of urea groups is 1. The lowest BCUT2D eigenvalue weighted by molar-refractivity contribution is 0.00945. The molecule has 26 heavy (non-hydrogen) atoms. The summed E-state index contributed by atoms with van der Waals surface area (Å²) in [6.45, 7) is 2.51. The van der Waals surface area contributed by atoms with Crippen LogP contribution in [0.15, 0.2) is 28.8 Å². The van der Waals surface area contributed by atoms with Crippen LogP contribution in [0.4, 0.5) is 9.18 Å². The summed E-state index contributed by atoms with van der Waals surface area (Å²) in [6.07, 6.45) is 1.69. The fraction of sp³-hybridized carbons (Fsp3) is 0.500. The van der Waals surface area contributed by atoms with Gasteiger partial charge in [-0.2, -0.15) is 4.98 Å². The number of nitrogens with zero attached hydrogens (tertiary/aromatic N) is 3. The van der Waals surface area contributed by atoms with Gasteiger partial charge in [0, 0.05) is 44.3 Å². The first kappa shape index (κ1) is 17.0. The highest BCUT2D eigenvalue weighted by atomic mass is 19.1. The van der Waals surface area contributed by atoms with Gasteiger partial charge in [-0.25, -0.2) is 9.18 Å². The molecule has 2 aliphatic heterocycles.